The Morgan fingerprint density at radius 1 is 1.10 bits per heavy atom. The van der Waals surface area contributed by atoms with Crippen LogP contribution < -0.4 is 0 Å². The molecule has 0 saturated carbocycles. The van der Waals surface area contributed by atoms with E-state index < -0.39 is 0 Å². The van der Waals surface area contributed by atoms with Gasteiger partial charge in [-0.3, -0.25) is 4.79 Å². The van der Waals surface area contributed by atoms with E-state index in [-0.39, 0.29) is 5.41 Å². The van der Waals surface area contributed by atoms with Gasteiger partial charge in [0, 0.05) is 16.7 Å². The van der Waals surface area contributed by atoms with E-state index in [2.05, 4.69) is 39.5 Å². The highest BCUT2D eigenvalue weighted by molar-refractivity contribution is 7.80. The molecule has 0 heterocycles. The lowest BCUT2D eigenvalue weighted by atomic mass is 9.72. The zero-order valence-corrected chi connectivity index (χ0v) is 14.0. The summed E-state index contributed by atoms with van der Waals surface area (Å²) >= 11 is 4.47. The lowest BCUT2D eigenvalue weighted by Crippen LogP contribution is -2.30. The van der Waals surface area contributed by atoms with Crippen molar-refractivity contribution < 1.29 is 4.79 Å². The van der Waals surface area contributed by atoms with E-state index in [1.54, 1.807) is 0 Å². The zero-order valence-electron chi connectivity index (χ0n) is 13.1. The number of hydrogen-bond donors (Lipinski definition) is 1. The van der Waals surface area contributed by atoms with Gasteiger partial charge in [-0.05, 0) is 37.3 Å². The second kappa shape index (κ2) is 8.51. The van der Waals surface area contributed by atoms with E-state index in [9.17, 15) is 4.79 Å². The summed E-state index contributed by atoms with van der Waals surface area (Å²) in [6.07, 6.45) is 6.65. The first-order valence-electron chi connectivity index (χ1n) is 7.89. The van der Waals surface area contributed by atoms with E-state index in [4.69, 9.17) is 0 Å². The fourth-order valence-corrected chi connectivity index (χ4v) is 3.42. The number of Topliss-reactive ketones (excluding diaryl/α,β-unsaturated/α-hetero) is 1. The monoisotopic (exact) mass is 292 g/mol. The number of rotatable bonds is 9. The van der Waals surface area contributed by atoms with Crippen LogP contribution >= 0.6 is 12.6 Å². The van der Waals surface area contributed by atoms with Gasteiger partial charge in [-0.1, -0.05) is 51.8 Å². The second-order valence-electron chi connectivity index (χ2n) is 5.69. The van der Waals surface area contributed by atoms with Crippen LogP contribution in [-0.4, -0.2) is 5.78 Å². The van der Waals surface area contributed by atoms with Crippen molar-refractivity contribution in [1.29, 1.82) is 0 Å². The van der Waals surface area contributed by atoms with Crippen LogP contribution in [0.15, 0.2) is 29.2 Å². The maximum atomic E-state index is 12.7. The molecule has 0 unspecified atom stereocenters. The SMILES string of the molecule is CCCC(CC)(CCC)C(=O)CCc1ccccc1S. The van der Waals surface area contributed by atoms with Crippen LogP contribution in [0.1, 0.15) is 64.9 Å². The normalized spacial score (nSPS) is 11.6. The number of carbonyl (C=O) groups excluding carboxylic acids is 1. The Labute approximate surface area is 129 Å². The van der Waals surface area contributed by atoms with Gasteiger partial charge in [0.1, 0.15) is 5.78 Å². The Kier molecular flexibility index (Phi) is 7.36. The van der Waals surface area contributed by atoms with Crippen molar-refractivity contribution in [2.45, 2.75) is 70.6 Å². The topological polar surface area (TPSA) is 17.1 Å². The molecule has 112 valence electrons. The molecule has 0 aliphatic rings. The van der Waals surface area contributed by atoms with Gasteiger partial charge >= 0.3 is 0 Å². The van der Waals surface area contributed by atoms with E-state index >= 15 is 0 Å². The smallest absolute Gasteiger partial charge is 0.139 e. The van der Waals surface area contributed by atoms with Gasteiger partial charge in [0.15, 0.2) is 0 Å². The van der Waals surface area contributed by atoms with Gasteiger partial charge in [-0.2, -0.15) is 0 Å². The lowest BCUT2D eigenvalue weighted by molar-refractivity contribution is -0.130. The van der Waals surface area contributed by atoms with Gasteiger partial charge in [-0.15, -0.1) is 12.6 Å². The zero-order chi connectivity index (χ0) is 15.0. The molecule has 1 nitrogen and oxygen atoms in total. The number of benzene rings is 1. The minimum Gasteiger partial charge on any atom is -0.299 e. The number of hydrogen-bond acceptors (Lipinski definition) is 2. The third kappa shape index (κ3) is 4.37. The summed E-state index contributed by atoms with van der Waals surface area (Å²) in [4.78, 5) is 13.7. The summed E-state index contributed by atoms with van der Waals surface area (Å²) in [5, 5.41) is 0. The van der Waals surface area contributed by atoms with E-state index in [0.29, 0.717) is 12.2 Å². The maximum absolute atomic E-state index is 12.7. The summed E-state index contributed by atoms with van der Waals surface area (Å²) in [5.74, 6) is 0.445. The molecule has 0 aliphatic carbocycles. The number of thiol groups is 1. The molecule has 0 atom stereocenters. The highest BCUT2D eigenvalue weighted by atomic mass is 32.1. The molecule has 0 spiro atoms. The van der Waals surface area contributed by atoms with Gasteiger partial charge in [0.2, 0.25) is 0 Å². The number of ketones is 1. The summed E-state index contributed by atoms with van der Waals surface area (Å²) in [7, 11) is 0. The van der Waals surface area contributed by atoms with Crippen molar-refractivity contribution in [3.05, 3.63) is 29.8 Å². The van der Waals surface area contributed by atoms with Crippen LogP contribution in [0.4, 0.5) is 0 Å². The third-order valence-corrected chi connectivity index (χ3v) is 4.77. The van der Waals surface area contributed by atoms with Crippen molar-refractivity contribution in [3.8, 4) is 0 Å². The molecule has 0 bridgehead atoms. The molecule has 0 N–H and O–H groups in total. The summed E-state index contributed by atoms with van der Waals surface area (Å²) in [6.45, 7) is 6.52. The molecule has 0 saturated heterocycles. The molecule has 0 aliphatic heterocycles. The summed E-state index contributed by atoms with van der Waals surface area (Å²) in [6, 6.07) is 8.07. The van der Waals surface area contributed by atoms with Crippen LogP contribution in [0, 0.1) is 5.41 Å². The van der Waals surface area contributed by atoms with E-state index in [1.807, 2.05) is 18.2 Å². The first kappa shape index (κ1) is 17.3. The Balaban J connectivity index is 2.74. The number of aryl methyl sites for hydroxylation is 1. The van der Waals surface area contributed by atoms with Crippen LogP contribution in [0.25, 0.3) is 0 Å². The first-order valence-corrected chi connectivity index (χ1v) is 8.34. The highest BCUT2D eigenvalue weighted by Crippen LogP contribution is 2.36. The van der Waals surface area contributed by atoms with E-state index in [0.717, 1.165) is 43.4 Å². The Hall–Kier alpha value is -0.760. The van der Waals surface area contributed by atoms with Crippen LogP contribution in [0.5, 0.6) is 0 Å². The molecule has 0 aromatic heterocycles. The first-order chi connectivity index (χ1) is 9.59. The third-order valence-electron chi connectivity index (χ3n) is 4.34. The fourth-order valence-electron chi connectivity index (χ4n) is 3.15. The Bertz CT molecular complexity index is 419. The molecule has 0 amide bonds. The standard InChI is InChI=1S/C18H28OS/c1-4-13-18(6-3,14-5-2)17(19)12-11-15-9-7-8-10-16(15)20/h7-10,20H,4-6,11-14H2,1-3H3. The Morgan fingerprint density at radius 2 is 1.70 bits per heavy atom. The summed E-state index contributed by atoms with van der Waals surface area (Å²) in [5.41, 5.74) is 1.09. The molecule has 0 fully saturated rings. The molecule has 1 aromatic carbocycles. The van der Waals surface area contributed by atoms with Crippen LogP contribution in [0.3, 0.4) is 0 Å². The second-order valence-corrected chi connectivity index (χ2v) is 6.17. The molecule has 20 heavy (non-hydrogen) atoms. The Morgan fingerprint density at radius 3 is 2.20 bits per heavy atom. The largest absolute Gasteiger partial charge is 0.299 e. The molecule has 2 heteroatoms. The van der Waals surface area contributed by atoms with Crippen molar-refractivity contribution in [2.24, 2.45) is 5.41 Å². The lowest BCUT2D eigenvalue weighted by Gasteiger charge is -2.31. The van der Waals surface area contributed by atoms with Gasteiger partial charge in [0.25, 0.3) is 0 Å². The van der Waals surface area contributed by atoms with Gasteiger partial charge in [0.05, 0.1) is 0 Å². The minimum absolute atomic E-state index is 0.0883. The fraction of sp³-hybridized carbons (Fsp3) is 0.611. The van der Waals surface area contributed by atoms with Crippen molar-refractivity contribution in [3.63, 3.8) is 0 Å². The van der Waals surface area contributed by atoms with Gasteiger partial charge in [-0.25, -0.2) is 0 Å². The molecular weight excluding hydrogens is 264 g/mol. The quantitative estimate of drug-likeness (QED) is 0.597. The molecular formula is C18H28OS. The molecule has 1 rings (SSSR count). The molecule has 1 aromatic rings. The summed E-state index contributed by atoms with van der Waals surface area (Å²) < 4.78 is 0. The van der Waals surface area contributed by atoms with E-state index in [1.165, 1.54) is 5.56 Å². The molecule has 0 radical (unpaired) electrons. The van der Waals surface area contributed by atoms with Crippen molar-refractivity contribution in [2.75, 3.05) is 0 Å². The maximum Gasteiger partial charge on any atom is 0.139 e. The average molecular weight is 292 g/mol. The minimum atomic E-state index is -0.0883. The number of carbonyl (C=O) groups is 1. The highest BCUT2D eigenvalue weighted by Gasteiger charge is 2.33. The average Bonchev–Trinajstić information content (AvgIpc) is 2.45. The van der Waals surface area contributed by atoms with Crippen LogP contribution in [-0.2, 0) is 11.2 Å². The van der Waals surface area contributed by atoms with Gasteiger partial charge < -0.3 is 0 Å². The van der Waals surface area contributed by atoms with Crippen molar-refractivity contribution in [1.82, 2.24) is 0 Å². The van der Waals surface area contributed by atoms with Crippen molar-refractivity contribution >= 4 is 18.4 Å². The predicted molar refractivity (Wildman–Crippen MR) is 89.6 cm³/mol. The predicted octanol–water partition coefficient (Wildman–Crippen LogP) is 5.47. The van der Waals surface area contributed by atoms with Crippen LogP contribution in [0.2, 0.25) is 0 Å².